The lowest BCUT2D eigenvalue weighted by molar-refractivity contribution is 0.0601. The highest BCUT2D eigenvalue weighted by Crippen LogP contribution is 2.27. The lowest BCUT2D eigenvalue weighted by Crippen LogP contribution is -2.04. The first-order chi connectivity index (χ1) is 9.52. The van der Waals surface area contributed by atoms with Crippen molar-refractivity contribution in [1.29, 1.82) is 0 Å². The van der Waals surface area contributed by atoms with Gasteiger partial charge in [0.1, 0.15) is 0 Å². The molecule has 0 aliphatic rings. The van der Waals surface area contributed by atoms with Crippen LogP contribution in [0.15, 0.2) is 46.9 Å². The summed E-state index contributed by atoms with van der Waals surface area (Å²) in [6.07, 6.45) is 0. The largest absolute Gasteiger partial charge is 0.465 e. The van der Waals surface area contributed by atoms with Crippen LogP contribution in [0.1, 0.15) is 27.6 Å². The molecule has 4 heteroatoms. The Morgan fingerprint density at radius 2 is 1.70 bits per heavy atom. The van der Waals surface area contributed by atoms with Crippen LogP contribution < -0.4 is 0 Å². The molecule has 0 radical (unpaired) electrons. The van der Waals surface area contributed by atoms with E-state index in [1.54, 1.807) is 18.2 Å². The van der Waals surface area contributed by atoms with Crippen LogP contribution in [0.3, 0.4) is 0 Å². The average Bonchev–Trinajstić information content (AvgIpc) is 2.46. The third kappa shape index (κ3) is 2.96. The summed E-state index contributed by atoms with van der Waals surface area (Å²) in [6, 6.07) is 12.7. The zero-order valence-electron chi connectivity index (χ0n) is 11.1. The summed E-state index contributed by atoms with van der Waals surface area (Å²) in [5.74, 6) is -0.538. The molecule has 0 atom stereocenters. The minimum atomic E-state index is -0.449. The fraction of sp³-hybridized carbons (Fsp3) is 0.125. The van der Waals surface area contributed by atoms with Gasteiger partial charge in [-0.15, -0.1) is 0 Å². The summed E-state index contributed by atoms with van der Waals surface area (Å²) in [5.41, 5.74) is 2.61. The molecule has 20 heavy (non-hydrogen) atoms. The summed E-state index contributed by atoms with van der Waals surface area (Å²) < 4.78 is 5.65. The quantitative estimate of drug-likeness (QED) is 0.627. The van der Waals surface area contributed by atoms with E-state index in [4.69, 9.17) is 0 Å². The van der Waals surface area contributed by atoms with Crippen LogP contribution in [0.25, 0.3) is 11.1 Å². The first kappa shape index (κ1) is 14.5. The van der Waals surface area contributed by atoms with Crippen LogP contribution in [0.4, 0.5) is 0 Å². The summed E-state index contributed by atoms with van der Waals surface area (Å²) >= 11 is 3.38. The van der Waals surface area contributed by atoms with Gasteiger partial charge in [-0.3, -0.25) is 4.79 Å². The van der Waals surface area contributed by atoms with Crippen molar-refractivity contribution in [1.82, 2.24) is 0 Å². The van der Waals surface area contributed by atoms with Gasteiger partial charge in [0.15, 0.2) is 5.78 Å². The molecule has 0 saturated carbocycles. The van der Waals surface area contributed by atoms with Crippen molar-refractivity contribution in [2.45, 2.75) is 6.92 Å². The number of ketones is 1. The fourth-order valence-corrected chi connectivity index (χ4v) is 2.23. The molecule has 0 spiro atoms. The third-order valence-electron chi connectivity index (χ3n) is 2.98. The molecule has 0 heterocycles. The predicted octanol–water partition coefficient (Wildman–Crippen LogP) is 4.11. The van der Waals surface area contributed by atoms with Crippen LogP contribution in [0.2, 0.25) is 0 Å². The van der Waals surface area contributed by atoms with Gasteiger partial charge in [-0.1, -0.05) is 34.1 Å². The van der Waals surface area contributed by atoms with Crippen molar-refractivity contribution in [3.8, 4) is 11.1 Å². The maximum absolute atomic E-state index is 11.8. The van der Waals surface area contributed by atoms with E-state index in [1.165, 1.54) is 14.0 Å². The first-order valence-electron chi connectivity index (χ1n) is 6.02. The minimum Gasteiger partial charge on any atom is -0.465 e. The molecular formula is C16H13BrO3. The Morgan fingerprint density at radius 3 is 2.25 bits per heavy atom. The van der Waals surface area contributed by atoms with Crippen molar-refractivity contribution >= 4 is 27.7 Å². The number of benzene rings is 2. The highest BCUT2D eigenvalue weighted by molar-refractivity contribution is 9.10. The van der Waals surface area contributed by atoms with Crippen molar-refractivity contribution in [3.63, 3.8) is 0 Å². The first-order valence-corrected chi connectivity index (χ1v) is 6.81. The van der Waals surface area contributed by atoms with Gasteiger partial charge in [0.2, 0.25) is 0 Å². The van der Waals surface area contributed by atoms with E-state index in [1.807, 2.05) is 24.3 Å². The molecule has 3 nitrogen and oxygen atoms in total. The number of rotatable bonds is 3. The molecule has 0 unspecified atom stereocenters. The SMILES string of the molecule is COC(=O)c1ccc(-c2ccc(Br)cc2)c(C(C)=O)c1. The Hall–Kier alpha value is -1.94. The van der Waals surface area contributed by atoms with E-state index in [0.29, 0.717) is 11.1 Å². The summed E-state index contributed by atoms with van der Waals surface area (Å²) in [6.45, 7) is 1.48. The average molecular weight is 333 g/mol. The van der Waals surface area contributed by atoms with Crippen LogP contribution in [-0.2, 0) is 4.74 Å². The molecule has 0 aromatic heterocycles. The third-order valence-corrected chi connectivity index (χ3v) is 3.50. The summed E-state index contributed by atoms with van der Waals surface area (Å²) in [4.78, 5) is 23.3. The van der Waals surface area contributed by atoms with Gasteiger partial charge < -0.3 is 4.74 Å². The molecule has 0 saturated heterocycles. The monoisotopic (exact) mass is 332 g/mol. The molecule has 2 aromatic carbocycles. The van der Waals surface area contributed by atoms with Crippen molar-refractivity contribution in [2.24, 2.45) is 0 Å². The Bertz CT molecular complexity index is 660. The van der Waals surface area contributed by atoms with E-state index in [2.05, 4.69) is 20.7 Å². The van der Waals surface area contributed by atoms with Crippen molar-refractivity contribution in [3.05, 3.63) is 58.1 Å². The number of carbonyl (C=O) groups excluding carboxylic acids is 2. The maximum Gasteiger partial charge on any atom is 0.337 e. The topological polar surface area (TPSA) is 43.4 Å². The highest BCUT2D eigenvalue weighted by Gasteiger charge is 2.14. The number of halogens is 1. The smallest absolute Gasteiger partial charge is 0.337 e. The Balaban J connectivity index is 2.56. The summed E-state index contributed by atoms with van der Waals surface area (Å²) in [5, 5.41) is 0. The van der Waals surface area contributed by atoms with E-state index in [0.717, 1.165) is 15.6 Å². The van der Waals surface area contributed by atoms with Crippen LogP contribution >= 0.6 is 15.9 Å². The molecule has 0 aliphatic carbocycles. The fourth-order valence-electron chi connectivity index (χ4n) is 1.96. The minimum absolute atomic E-state index is 0.0892. The Kier molecular flexibility index (Phi) is 4.35. The number of methoxy groups -OCH3 is 1. The number of Topliss-reactive ketones (excluding diaryl/α,β-unsaturated/α-hetero) is 1. The van der Waals surface area contributed by atoms with Gasteiger partial charge in [-0.2, -0.15) is 0 Å². The lowest BCUT2D eigenvalue weighted by Gasteiger charge is -2.09. The van der Waals surface area contributed by atoms with Crippen LogP contribution in [0.5, 0.6) is 0 Å². The van der Waals surface area contributed by atoms with Gasteiger partial charge in [0.05, 0.1) is 12.7 Å². The number of ether oxygens (including phenoxy) is 1. The second-order valence-corrected chi connectivity index (χ2v) is 5.23. The molecule has 0 bridgehead atoms. The Labute approximate surface area is 125 Å². The van der Waals surface area contributed by atoms with E-state index >= 15 is 0 Å². The molecule has 2 rings (SSSR count). The standard InChI is InChI=1S/C16H13BrO3/c1-10(18)15-9-12(16(19)20-2)5-8-14(15)11-3-6-13(17)7-4-11/h3-9H,1-2H3. The Morgan fingerprint density at radius 1 is 1.05 bits per heavy atom. The van der Waals surface area contributed by atoms with Gasteiger partial charge in [-0.05, 0) is 42.3 Å². The lowest BCUT2D eigenvalue weighted by atomic mass is 9.95. The number of carbonyl (C=O) groups is 2. The molecular weight excluding hydrogens is 320 g/mol. The van der Waals surface area contributed by atoms with Crippen LogP contribution in [0, 0.1) is 0 Å². The second kappa shape index (κ2) is 6.01. The highest BCUT2D eigenvalue weighted by atomic mass is 79.9. The van der Waals surface area contributed by atoms with E-state index < -0.39 is 5.97 Å². The van der Waals surface area contributed by atoms with Crippen LogP contribution in [-0.4, -0.2) is 18.9 Å². The van der Waals surface area contributed by atoms with Crippen molar-refractivity contribution < 1.29 is 14.3 Å². The molecule has 0 fully saturated rings. The van der Waals surface area contributed by atoms with Crippen molar-refractivity contribution in [2.75, 3.05) is 7.11 Å². The van der Waals surface area contributed by atoms with Gasteiger partial charge in [0.25, 0.3) is 0 Å². The molecule has 102 valence electrons. The molecule has 2 aromatic rings. The van der Waals surface area contributed by atoms with Gasteiger partial charge in [-0.25, -0.2) is 4.79 Å². The molecule has 0 amide bonds. The number of hydrogen-bond donors (Lipinski definition) is 0. The second-order valence-electron chi connectivity index (χ2n) is 4.32. The zero-order valence-corrected chi connectivity index (χ0v) is 12.7. The zero-order chi connectivity index (χ0) is 14.7. The van der Waals surface area contributed by atoms with Gasteiger partial charge in [0, 0.05) is 10.0 Å². The molecule has 0 aliphatic heterocycles. The molecule has 0 N–H and O–H groups in total. The predicted molar refractivity (Wildman–Crippen MR) is 80.9 cm³/mol. The number of hydrogen-bond acceptors (Lipinski definition) is 3. The normalized spacial score (nSPS) is 10.2. The van der Waals surface area contributed by atoms with E-state index in [9.17, 15) is 9.59 Å². The maximum atomic E-state index is 11.8. The summed E-state index contributed by atoms with van der Waals surface area (Å²) in [7, 11) is 1.32. The van der Waals surface area contributed by atoms with E-state index in [-0.39, 0.29) is 5.78 Å². The number of esters is 1. The van der Waals surface area contributed by atoms with Gasteiger partial charge >= 0.3 is 5.97 Å².